The molecule has 2 heterocycles. The predicted molar refractivity (Wildman–Crippen MR) is 86.0 cm³/mol. The van der Waals surface area contributed by atoms with E-state index in [0.29, 0.717) is 50.7 Å². The quantitative estimate of drug-likeness (QED) is 0.799. The van der Waals surface area contributed by atoms with Crippen molar-refractivity contribution >= 4 is 23.4 Å². The largest absolute Gasteiger partial charge is 0.372 e. The summed E-state index contributed by atoms with van der Waals surface area (Å²) in [5, 5.41) is 7.56. The van der Waals surface area contributed by atoms with E-state index in [1.54, 1.807) is 22.0 Å². The third kappa shape index (κ3) is 5.51. The molecule has 0 radical (unpaired) electrons. The lowest BCUT2D eigenvalue weighted by atomic mass is 9.96. The van der Waals surface area contributed by atoms with Crippen LogP contribution >= 0.6 is 11.6 Å². The summed E-state index contributed by atoms with van der Waals surface area (Å²) >= 11 is 5.78. The second kappa shape index (κ2) is 8.88. The van der Waals surface area contributed by atoms with E-state index in [2.05, 4.69) is 10.4 Å². The number of aromatic nitrogens is 2. The molecule has 1 saturated heterocycles. The highest BCUT2D eigenvalue weighted by Gasteiger charge is 2.26. The fraction of sp³-hybridized carbons (Fsp3) is 0.667. The van der Waals surface area contributed by atoms with Crippen LogP contribution in [0.3, 0.4) is 0 Å². The molecule has 1 aromatic heterocycles. The number of amides is 2. The number of rotatable bonds is 7. The maximum atomic E-state index is 12.1. The lowest BCUT2D eigenvalue weighted by Crippen LogP contribution is -2.44. The zero-order valence-electron chi connectivity index (χ0n) is 13.3. The van der Waals surface area contributed by atoms with Gasteiger partial charge in [0.2, 0.25) is 11.8 Å². The number of carbonyl (C=O) groups excluding carboxylic acids is 2. The number of nitrogens with one attached hydrogen (secondary N) is 1. The molecule has 7 nitrogen and oxygen atoms in total. The smallest absolute Gasteiger partial charge is 0.248 e. The van der Waals surface area contributed by atoms with E-state index in [1.165, 1.54) is 0 Å². The number of carbonyl (C=O) groups is 2. The highest BCUT2D eigenvalue weighted by atomic mass is 35.5. The SMILES string of the molecule is CCOCC(=O)N1CCC(C(=O)NCCn2cc(Cl)cn2)CC1. The standard InChI is InChI=1S/C15H23ClN4O3/c1-2-23-11-14(21)19-6-3-12(4-7-19)15(22)17-5-8-20-10-13(16)9-18-20/h9-10,12H,2-8,11H2,1H3,(H,17,22). The third-order valence-electron chi connectivity index (χ3n) is 3.89. The van der Waals surface area contributed by atoms with Crippen molar-refractivity contribution in [2.75, 3.05) is 32.8 Å². The van der Waals surface area contributed by atoms with Crippen LogP contribution in [0.4, 0.5) is 0 Å². The van der Waals surface area contributed by atoms with Gasteiger partial charge in [-0.1, -0.05) is 11.6 Å². The van der Waals surface area contributed by atoms with Crippen LogP contribution in [0, 0.1) is 5.92 Å². The Kier molecular flexibility index (Phi) is 6.85. The second-order valence-electron chi connectivity index (χ2n) is 5.50. The van der Waals surface area contributed by atoms with Gasteiger partial charge in [-0.15, -0.1) is 0 Å². The lowest BCUT2D eigenvalue weighted by molar-refractivity contribution is -0.139. The van der Waals surface area contributed by atoms with Crippen LogP contribution in [0.25, 0.3) is 0 Å². The Labute approximate surface area is 140 Å². The number of ether oxygens (including phenoxy) is 1. The van der Waals surface area contributed by atoms with Crippen molar-refractivity contribution in [3.05, 3.63) is 17.4 Å². The molecule has 0 aromatic carbocycles. The number of halogens is 1. The summed E-state index contributed by atoms with van der Waals surface area (Å²) in [7, 11) is 0. The van der Waals surface area contributed by atoms with Crippen LogP contribution in [0.15, 0.2) is 12.4 Å². The van der Waals surface area contributed by atoms with Gasteiger partial charge in [0.25, 0.3) is 0 Å². The van der Waals surface area contributed by atoms with Crippen molar-refractivity contribution in [3.8, 4) is 0 Å². The molecular weight excluding hydrogens is 320 g/mol. The van der Waals surface area contributed by atoms with Crippen molar-refractivity contribution in [2.45, 2.75) is 26.3 Å². The molecule has 8 heteroatoms. The summed E-state index contributed by atoms with van der Waals surface area (Å²) in [6.07, 6.45) is 4.67. The molecule has 0 saturated carbocycles. The van der Waals surface area contributed by atoms with Gasteiger partial charge in [-0.25, -0.2) is 0 Å². The zero-order valence-corrected chi connectivity index (χ0v) is 14.1. The minimum atomic E-state index is -0.0349. The summed E-state index contributed by atoms with van der Waals surface area (Å²) in [6.45, 7) is 4.84. The first-order chi connectivity index (χ1) is 11.1. The summed E-state index contributed by atoms with van der Waals surface area (Å²) in [6, 6.07) is 0. The maximum Gasteiger partial charge on any atom is 0.248 e. The van der Waals surface area contributed by atoms with Crippen LogP contribution in [0.2, 0.25) is 5.02 Å². The van der Waals surface area contributed by atoms with Crippen molar-refractivity contribution in [2.24, 2.45) is 5.92 Å². The van der Waals surface area contributed by atoms with Crippen LogP contribution in [-0.2, 0) is 20.9 Å². The average Bonchev–Trinajstić information content (AvgIpc) is 2.98. The van der Waals surface area contributed by atoms with Gasteiger partial charge < -0.3 is 15.0 Å². The molecule has 128 valence electrons. The fourth-order valence-electron chi connectivity index (χ4n) is 2.57. The van der Waals surface area contributed by atoms with Crippen LogP contribution in [-0.4, -0.2) is 59.3 Å². The van der Waals surface area contributed by atoms with Gasteiger partial charge in [0.15, 0.2) is 0 Å². The molecule has 1 fully saturated rings. The van der Waals surface area contributed by atoms with E-state index in [0.717, 1.165) is 0 Å². The van der Waals surface area contributed by atoms with Crippen molar-refractivity contribution in [3.63, 3.8) is 0 Å². The van der Waals surface area contributed by atoms with E-state index in [4.69, 9.17) is 16.3 Å². The lowest BCUT2D eigenvalue weighted by Gasteiger charge is -2.31. The molecule has 1 aliphatic heterocycles. The number of hydrogen-bond donors (Lipinski definition) is 1. The Morgan fingerprint density at radius 3 is 2.78 bits per heavy atom. The normalized spacial score (nSPS) is 15.7. The molecular formula is C15H23ClN4O3. The van der Waals surface area contributed by atoms with E-state index in [1.807, 2.05) is 6.92 Å². The van der Waals surface area contributed by atoms with Gasteiger partial charge in [0.1, 0.15) is 6.61 Å². The highest BCUT2D eigenvalue weighted by molar-refractivity contribution is 6.30. The van der Waals surface area contributed by atoms with Gasteiger partial charge in [-0.3, -0.25) is 14.3 Å². The number of nitrogens with zero attached hydrogens (tertiary/aromatic N) is 3. The summed E-state index contributed by atoms with van der Waals surface area (Å²) < 4.78 is 6.82. The van der Waals surface area contributed by atoms with Gasteiger partial charge in [0.05, 0.1) is 17.8 Å². The minimum absolute atomic E-state index is 0.00118. The van der Waals surface area contributed by atoms with E-state index >= 15 is 0 Å². The van der Waals surface area contributed by atoms with Gasteiger partial charge in [-0.2, -0.15) is 5.10 Å². The second-order valence-corrected chi connectivity index (χ2v) is 5.94. The van der Waals surface area contributed by atoms with Gasteiger partial charge in [-0.05, 0) is 19.8 Å². The molecule has 23 heavy (non-hydrogen) atoms. The van der Waals surface area contributed by atoms with Crippen molar-refractivity contribution in [1.29, 1.82) is 0 Å². The predicted octanol–water partition coefficient (Wildman–Crippen LogP) is 0.928. The minimum Gasteiger partial charge on any atom is -0.372 e. The van der Waals surface area contributed by atoms with Crippen LogP contribution in [0.1, 0.15) is 19.8 Å². The molecule has 0 spiro atoms. The molecule has 0 atom stereocenters. The van der Waals surface area contributed by atoms with Crippen molar-refractivity contribution < 1.29 is 14.3 Å². The fourth-order valence-corrected chi connectivity index (χ4v) is 2.73. The van der Waals surface area contributed by atoms with E-state index in [-0.39, 0.29) is 24.3 Å². The molecule has 1 aliphatic rings. The van der Waals surface area contributed by atoms with Gasteiger partial charge in [0, 0.05) is 38.4 Å². The monoisotopic (exact) mass is 342 g/mol. The molecule has 1 aromatic rings. The summed E-state index contributed by atoms with van der Waals surface area (Å²) in [5.41, 5.74) is 0. The first-order valence-electron chi connectivity index (χ1n) is 7.91. The first kappa shape index (κ1) is 17.7. The van der Waals surface area contributed by atoms with Crippen molar-refractivity contribution in [1.82, 2.24) is 20.0 Å². The molecule has 1 N–H and O–H groups in total. The van der Waals surface area contributed by atoms with Crippen LogP contribution in [0.5, 0.6) is 0 Å². The van der Waals surface area contributed by atoms with Crippen LogP contribution < -0.4 is 5.32 Å². The topological polar surface area (TPSA) is 76.5 Å². The summed E-state index contributed by atoms with van der Waals surface area (Å²) in [5.74, 6) is 0.00813. The maximum absolute atomic E-state index is 12.1. The third-order valence-corrected chi connectivity index (χ3v) is 4.09. The van der Waals surface area contributed by atoms with Gasteiger partial charge >= 0.3 is 0 Å². The molecule has 2 amide bonds. The number of likely N-dealkylation sites (tertiary alicyclic amines) is 1. The zero-order chi connectivity index (χ0) is 16.7. The number of piperidine rings is 1. The Morgan fingerprint density at radius 1 is 1.43 bits per heavy atom. The number of hydrogen-bond acceptors (Lipinski definition) is 4. The molecule has 0 unspecified atom stereocenters. The van der Waals surface area contributed by atoms with E-state index in [9.17, 15) is 9.59 Å². The Balaban J connectivity index is 1.66. The Bertz CT molecular complexity index is 527. The Morgan fingerprint density at radius 2 is 2.17 bits per heavy atom. The van der Waals surface area contributed by atoms with E-state index < -0.39 is 0 Å². The average molecular weight is 343 g/mol. The molecule has 0 aliphatic carbocycles. The molecule has 0 bridgehead atoms. The first-order valence-corrected chi connectivity index (χ1v) is 8.29. The summed E-state index contributed by atoms with van der Waals surface area (Å²) in [4.78, 5) is 25.8. The molecule has 2 rings (SSSR count). The highest BCUT2D eigenvalue weighted by Crippen LogP contribution is 2.17. The Hall–Kier alpha value is -1.60.